The summed E-state index contributed by atoms with van der Waals surface area (Å²) in [5.74, 6) is 0.885. The first-order chi connectivity index (χ1) is 5.77. The molecule has 0 fully saturated rings. The monoisotopic (exact) mass is 166 g/mol. The first-order valence-electron chi connectivity index (χ1n) is 3.60. The Bertz CT molecular complexity index is 287. The zero-order chi connectivity index (χ0) is 8.97. The number of anilines is 1. The fourth-order valence-electron chi connectivity index (χ4n) is 0.853. The molecular formula is C8H10N2O2. The Morgan fingerprint density at radius 3 is 2.92 bits per heavy atom. The summed E-state index contributed by atoms with van der Waals surface area (Å²) in [7, 11) is 1.79. The van der Waals surface area contributed by atoms with Gasteiger partial charge in [-0.25, -0.2) is 0 Å². The average molecular weight is 166 g/mol. The molecule has 0 aliphatic heterocycles. The molecule has 1 aromatic rings. The molecule has 0 radical (unpaired) electrons. The highest BCUT2D eigenvalue weighted by Crippen LogP contribution is 2.15. The van der Waals surface area contributed by atoms with Gasteiger partial charge in [-0.15, -0.1) is 0 Å². The van der Waals surface area contributed by atoms with E-state index in [0.29, 0.717) is 12.4 Å². The minimum Gasteiger partial charge on any atom is -0.430 e. The van der Waals surface area contributed by atoms with Crippen LogP contribution in [0.25, 0.3) is 0 Å². The van der Waals surface area contributed by atoms with Gasteiger partial charge in [0.25, 0.3) is 0 Å². The third-order valence-electron chi connectivity index (χ3n) is 1.51. The van der Waals surface area contributed by atoms with Crippen LogP contribution in [0, 0.1) is 11.3 Å². The van der Waals surface area contributed by atoms with Crippen molar-refractivity contribution in [2.75, 3.05) is 25.1 Å². The van der Waals surface area contributed by atoms with Crippen molar-refractivity contribution in [2.24, 2.45) is 0 Å². The number of hydrogen-bond donors (Lipinski definition) is 1. The summed E-state index contributed by atoms with van der Waals surface area (Å²) in [4.78, 5) is 1.74. The maximum Gasteiger partial charge on any atom is 0.206 e. The Balaban J connectivity index is 2.69. The second-order valence-corrected chi connectivity index (χ2v) is 2.39. The standard InChI is InChI=1S/C8H10N2O2/c1-10(4-5-11)8-3-2-7(6-9)12-8/h2-3,11H,4-5H2,1H3. The van der Waals surface area contributed by atoms with Crippen LogP contribution in [0.4, 0.5) is 5.88 Å². The number of furan rings is 1. The molecule has 1 aromatic heterocycles. The minimum absolute atomic E-state index is 0.0685. The van der Waals surface area contributed by atoms with Crippen molar-refractivity contribution < 1.29 is 9.52 Å². The summed E-state index contributed by atoms with van der Waals surface area (Å²) < 4.78 is 5.10. The average Bonchev–Trinajstić information content (AvgIpc) is 2.52. The second-order valence-electron chi connectivity index (χ2n) is 2.39. The van der Waals surface area contributed by atoms with Gasteiger partial charge < -0.3 is 14.4 Å². The van der Waals surface area contributed by atoms with E-state index in [1.54, 1.807) is 24.1 Å². The number of aliphatic hydroxyl groups excluding tert-OH is 1. The first kappa shape index (κ1) is 8.62. The third-order valence-corrected chi connectivity index (χ3v) is 1.51. The fourth-order valence-corrected chi connectivity index (χ4v) is 0.853. The second kappa shape index (κ2) is 3.79. The predicted octanol–water partition coefficient (Wildman–Crippen LogP) is 0.580. The Kier molecular flexibility index (Phi) is 2.72. The summed E-state index contributed by atoms with van der Waals surface area (Å²) in [5.41, 5.74) is 0. The van der Waals surface area contributed by atoms with E-state index < -0.39 is 0 Å². The van der Waals surface area contributed by atoms with Crippen LogP contribution in [0.1, 0.15) is 5.76 Å². The Hall–Kier alpha value is -1.47. The quantitative estimate of drug-likeness (QED) is 0.713. The largest absolute Gasteiger partial charge is 0.430 e. The van der Waals surface area contributed by atoms with Gasteiger partial charge in [-0.1, -0.05) is 0 Å². The lowest BCUT2D eigenvalue weighted by Gasteiger charge is -2.12. The molecule has 0 atom stereocenters. The lowest BCUT2D eigenvalue weighted by Crippen LogP contribution is -2.20. The van der Waals surface area contributed by atoms with Crippen molar-refractivity contribution in [3.8, 4) is 6.07 Å². The lowest BCUT2D eigenvalue weighted by atomic mass is 10.5. The molecule has 0 unspecified atom stereocenters. The van der Waals surface area contributed by atoms with Crippen molar-refractivity contribution in [3.05, 3.63) is 17.9 Å². The zero-order valence-corrected chi connectivity index (χ0v) is 6.82. The molecule has 64 valence electrons. The van der Waals surface area contributed by atoms with Gasteiger partial charge in [-0.2, -0.15) is 5.26 Å². The molecule has 0 bridgehead atoms. The molecule has 0 aliphatic rings. The van der Waals surface area contributed by atoms with Crippen LogP contribution >= 0.6 is 0 Å². The summed E-state index contributed by atoms with van der Waals surface area (Å²) >= 11 is 0. The van der Waals surface area contributed by atoms with Gasteiger partial charge in [0.05, 0.1) is 6.61 Å². The highest BCUT2D eigenvalue weighted by molar-refractivity contribution is 5.37. The highest BCUT2D eigenvalue weighted by Gasteiger charge is 2.04. The molecule has 0 amide bonds. The van der Waals surface area contributed by atoms with Gasteiger partial charge in [0, 0.05) is 19.7 Å². The minimum atomic E-state index is 0.0685. The first-order valence-corrected chi connectivity index (χ1v) is 3.60. The van der Waals surface area contributed by atoms with Crippen LogP contribution in [0.15, 0.2) is 16.5 Å². The molecular weight excluding hydrogens is 156 g/mol. The molecule has 1 N–H and O–H groups in total. The van der Waals surface area contributed by atoms with E-state index in [9.17, 15) is 0 Å². The smallest absolute Gasteiger partial charge is 0.206 e. The molecule has 4 nitrogen and oxygen atoms in total. The van der Waals surface area contributed by atoms with Gasteiger partial charge in [-0.05, 0) is 6.07 Å². The number of likely N-dealkylation sites (N-methyl/N-ethyl adjacent to an activating group) is 1. The van der Waals surface area contributed by atoms with E-state index in [1.165, 1.54) is 0 Å². The van der Waals surface area contributed by atoms with Crippen molar-refractivity contribution in [3.63, 3.8) is 0 Å². The topological polar surface area (TPSA) is 60.4 Å². The Labute approximate surface area is 70.6 Å². The number of hydrogen-bond acceptors (Lipinski definition) is 4. The zero-order valence-electron chi connectivity index (χ0n) is 6.82. The van der Waals surface area contributed by atoms with Crippen molar-refractivity contribution in [1.29, 1.82) is 5.26 Å². The van der Waals surface area contributed by atoms with Crippen LogP contribution in [0.5, 0.6) is 0 Å². The van der Waals surface area contributed by atoms with Gasteiger partial charge in [0.1, 0.15) is 6.07 Å². The van der Waals surface area contributed by atoms with Gasteiger partial charge >= 0.3 is 0 Å². The molecule has 4 heteroatoms. The van der Waals surface area contributed by atoms with Crippen LogP contribution in [-0.2, 0) is 0 Å². The van der Waals surface area contributed by atoms with E-state index in [1.807, 2.05) is 6.07 Å². The van der Waals surface area contributed by atoms with Crippen LogP contribution < -0.4 is 4.90 Å². The molecule has 1 heterocycles. The summed E-state index contributed by atoms with van der Waals surface area (Å²) in [6, 6.07) is 5.19. The lowest BCUT2D eigenvalue weighted by molar-refractivity contribution is 0.301. The number of nitrogens with zero attached hydrogens (tertiary/aromatic N) is 2. The number of nitriles is 1. The molecule has 12 heavy (non-hydrogen) atoms. The molecule has 1 rings (SSSR count). The molecule has 0 saturated heterocycles. The van der Waals surface area contributed by atoms with E-state index in [0.717, 1.165) is 0 Å². The summed E-state index contributed by atoms with van der Waals surface area (Å²) in [5, 5.41) is 17.1. The summed E-state index contributed by atoms with van der Waals surface area (Å²) in [6.07, 6.45) is 0. The molecule has 0 spiro atoms. The number of rotatable bonds is 3. The highest BCUT2D eigenvalue weighted by atomic mass is 16.4. The van der Waals surface area contributed by atoms with Crippen molar-refractivity contribution in [2.45, 2.75) is 0 Å². The Morgan fingerprint density at radius 2 is 2.42 bits per heavy atom. The van der Waals surface area contributed by atoms with Crippen LogP contribution in [0.3, 0.4) is 0 Å². The fraction of sp³-hybridized carbons (Fsp3) is 0.375. The van der Waals surface area contributed by atoms with Gasteiger partial charge in [0.2, 0.25) is 5.76 Å². The third kappa shape index (κ3) is 1.77. The SMILES string of the molecule is CN(CCO)c1ccc(C#N)o1. The maximum absolute atomic E-state index is 8.61. The predicted molar refractivity (Wildman–Crippen MR) is 43.8 cm³/mol. The molecule has 0 aromatic carbocycles. The summed E-state index contributed by atoms with van der Waals surface area (Å²) in [6.45, 7) is 0.567. The van der Waals surface area contributed by atoms with E-state index in [-0.39, 0.29) is 12.4 Å². The van der Waals surface area contributed by atoms with Gasteiger partial charge in [-0.3, -0.25) is 0 Å². The van der Waals surface area contributed by atoms with Crippen molar-refractivity contribution >= 4 is 5.88 Å². The van der Waals surface area contributed by atoms with Crippen LogP contribution in [0.2, 0.25) is 0 Å². The van der Waals surface area contributed by atoms with Crippen LogP contribution in [-0.4, -0.2) is 25.3 Å². The number of aliphatic hydroxyl groups is 1. The maximum atomic E-state index is 8.61. The van der Waals surface area contributed by atoms with Gasteiger partial charge in [0.15, 0.2) is 5.88 Å². The van der Waals surface area contributed by atoms with E-state index in [4.69, 9.17) is 14.8 Å². The van der Waals surface area contributed by atoms with E-state index >= 15 is 0 Å². The normalized spacial score (nSPS) is 9.42. The Morgan fingerprint density at radius 1 is 1.67 bits per heavy atom. The molecule has 0 aliphatic carbocycles. The van der Waals surface area contributed by atoms with E-state index in [2.05, 4.69) is 0 Å². The van der Waals surface area contributed by atoms with Crippen molar-refractivity contribution in [1.82, 2.24) is 0 Å². The molecule has 0 saturated carbocycles.